The molecule has 0 aliphatic rings. The Kier molecular flexibility index (Phi) is 6.04. The fraction of sp³-hybridized carbons (Fsp3) is 0.417. The molecule has 1 unspecified atom stereocenters. The van der Waals surface area contributed by atoms with E-state index >= 15 is 0 Å². The molecule has 3 nitrogen and oxygen atoms in total. The van der Waals surface area contributed by atoms with Crippen molar-refractivity contribution < 1.29 is 18.3 Å². The zero-order chi connectivity index (χ0) is 13.5. The van der Waals surface area contributed by atoms with Gasteiger partial charge in [0, 0.05) is 16.9 Å². The van der Waals surface area contributed by atoms with Crippen molar-refractivity contribution in [1.29, 1.82) is 0 Å². The highest BCUT2D eigenvalue weighted by Gasteiger charge is 2.11. The van der Waals surface area contributed by atoms with E-state index in [2.05, 4.69) is 26.0 Å². The van der Waals surface area contributed by atoms with Crippen molar-refractivity contribution in [3.05, 3.63) is 29.8 Å². The zero-order valence-corrected chi connectivity index (χ0v) is 11.4. The van der Waals surface area contributed by atoms with Crippen LogP contribution in [0.2, 0.25) is 0 Å². The van der Waals surface area contributed by atoms with Crippen molar-refractivity contribution in [2.24, 2.45) is 0 Å². The van der Waals surface area contributed by atoms with E-state index in [4.69, 9.17) is 0 Å². The summed E-state index contributed by atoms with van der Waals surface area (Å²) in [4.78, 5) is 11.8. The summed E-state index contributed by atoms with van der Waals surface area (Å²) in [7, 11) is 0. The number of nitrogens with one attached hydrogen (secondary N) is 1. The molecular weight excluding hydrogens is 308 g/mol. The van der Waals surface area contributed by atoms with Gasteiger partial charge in [0.05, 0.1) is 0 Å². The van der Waals surface area contributed by atoms with Crippen molar-refractivity contribution >= 4 is 21.8 Å². The third-order valence-corrected chi connectivity index (χ3v) is 3.14. The van der Waals surface area contributed by atoms with Crippen LogP contribution in [-0.4, -0.2) is 23.9 Å². The molecule has 0 aromatic heterocycles. The number of amides is 1. The highest BCUT2D eigenvalue weighted by Crippen LogP contribution is 2.15. The van der Waals surface area contributed by atoms with Gasteiger partial charge in [-0.1, -0.05) is 22.9 Å². The van der Waals surface area contributed by atoms with E-state index < -0.39 is 6.61 Å². The van der Waals surface area contributed by atoms with E-state index in [1.54, 1.807) is 0 Å². The normalized spacial score (nSPS) is 12.3. The van der Waals surface area contributed by atoms with Gasteiger partial charge in [-0.05, 0) is 30.7 Å². The number of alkyl halides is 3. The summed E-state index contributed by atoms with van der Waals surface area (Å²) in [6.45, 7) is -0.895. The molecule has 0 heterocycles. The third-order valence-electron chi connectivity index (χ3n) is 2.36. The summed E-state index contributed by atoms with van der Waals surface area (Å²) >= 11 is 3.30. The molecule has 0 radical (unpaired) electrons. The zero-order valence-electron chi connectivity index (χ0n) is 9.83. The van der Waals surface area contributed by atoms with Crippen LogP contribution >= 0.6 is 15.9 Å². The van der Waals surface area contributed by atoms with Crippen molar-refractivity contribution in [3.63, 3.8) is 0 Å². The number of benzene rings is 1. The molecule has 0 spiro atoms. The fourth-order valence-electron chi connectivity index (χ4n) is 1.31. The van der Waals surface area contributed by atoms with E-state index in [1.165, 1.54) is 24.3 Å². The number of carbonyl (C=O) groups is 1. The van der Waals surface area contributed by atoms with E-state index in [0.717, 1.165) is 6.42 Å². The Morgan fingerprint density at radius 1 is 1.39 bits per heavy atom. The van der Waals surface area contributed by atoms with Gasteiger partial charge in [0.2, 0.25) is 0 Å². The van der Waals surface area contributed by atoms with Gasteiger partial charge in [-0.25, -0.2) is 0 Å². The lowest BCUT2D eigenvalue weighted by molar-refractivity contribution is -0.0498. The number of rotatable bonds is 6. The molecule has 0 saturated heterocycles. The van der Waals surface area contributed by atoms with Crippen molar-refractivity contribution in [2.45, 2.75) is 26.0 Å². The van der Waals surface area contributed by atoms with Crippen LogP contribution in [0.4, 0.5) is 8.78 Å². The van der Waals surface area contributed by atoms with Gasteiger partial charge < -0.3 is 10.1 Å². The molecule has 0 saturated carbocycles. The maximum Gasteiger partial charge on any atom is 0.387 e. The summed E-state index contributed by atoms with van der Waals surface area (Å²) in [6, 6.07) is 5.64. The van der Waals surface area contributed by atoms with Crippen LogP contribution < -0.4 is 10.1 Å². The van der Waals surface area contributed by atoms with Crippen molar-refractivity contribution in [3.8, 4) is 5.75 Å². The molecule has 0 aliphatic carbocycles. The second-order valence-electron chi connectivity index (χ2n) is 3.64. The van der Waals surface area contributed by atoms with Crippen LogP contribution in [0.1, 0.15) is 23.7 Å². The molecule has 18 heavy (non-hydrogen) atoms. The number of ether oxygens (including phenoxy) is 1. The molecule has 1 atom stereocenters. The molecule has 0 fully saturated rings. The third kappa shape index (κ3) is 4.60. The quantitative estimate of drug-likeness (QED) is 0.817. The Bertz CT molecular complexity index is 380. The van der Waals surface area contributed by atoms with Gasteiger partial charge in [-0.3, -0.25) is 4.79 Å². The van der Waals surface area contributed by atoms with Gasteiger partial charge in [-0.15, -0.1) is 0 Å². The van der Waals surface area contributed by atoms with Gasteiger partial charge in [0.25, 0.3) is 5.91 Å². The summed E-state index contributed by atoms with van der Waals surface area (Å²) in [5.41, 5.74) is 0.413. The average molecular weight is 322 g/mol. The summed E-state index contributed by atoms with van der Waals surface area (Å²) in [6.07, 6.45) is 0.809. The smallest absolute Gasteiger partial charge is 0.387 e. The molecule has 1 aromatic carbocycles. The minimum atomic E-state index is -2.86. The minimum Gasteiger partial charge on any atom is -0.435 e. The van der Waals surface area contributed by atoms with Crippen LogP contribution in [-0.2, 0) is 0 Å². The minimum absolute atomic E-state index is 0.0362. The SMILES string of the molecule is CCC(CBr)NC(=O)c1ccc(OC(F)F)cc1. The molecule has 0 aliphatic heterocycles. The number of halogens is 3. The largest absolute Gasteiger partial charge is 0.435 e. The van der Waals surface area contributed by atoms with Gasteiger partial charge in [0.15, 0.2) is 0 Å². The lowest BCUT2D eigenvalue weighted by atomic mass is 10.2. The molecular formula is C12H14BrF2NO2. The first-order chi connectivity index (χ1) is 8.56. The van der Waals surface area contributed by atoms with Gasteiger partial charge in [0.1, 0.15) is 5.75 Å². The highest BCUT2D eigenvalue weighted by atomic mass is 79.9. The maximum atomic E-state index is 11.9. The molecule has 1 aromatic rings. The van der Waals surface area contributed by atoms with Crippen molar-refractivity contribution in [2.75, 3.05) is 5.33 Å². The first-order valence-electron chi connectivity index (χ1n) is 5.48. The number of hydrogen-bond acceptors (Lipinski definition) is 2. The number of carbonyl (C=O) groups excluding carboxylic acids is 1. The first-order valence-corrected chi connectivity index (χ1v) is 6.60. The predicted molar refractivity (Wildman–Crippen MR) is 68.4 cm³/mol. The molecule has 1 N–H and O–H groups in total. The number of hydrogen-bond donors (Lipinski definition) is 1. The highest BCUT2D eigenvalue weighted by molar-refractivity contribution is 9.09. The molecule has 100 valence electrons. The Labute approximate surface area is 113 Å². The van der Waals surface area contributed by atoms with E-state index in [0.29, 0.717) is 10.9 Å². The van der Waals surface area contributed by atoms with E-state index in [9.17, 15) is 13.6 Å². The average Bonchev–Trinajstić information content (AvgIpc) is 2.35. The molecule has 1 amide bonds. The Morgan fingerprint density at radius 3 is 2.44 bits per heavy atom. The summed E-state index contributed by atoms with van der Waals surface area (Å²) < 4.78 is 28.1. The van der Waals surface area contributed by atoms with Crippen molar-refractivity contribution in [1.82, 2.24) is 5.32 Å². The Morgan fingerprint density at radius 2 is 2.00 bits per heavy atom. The second kappa shape index (κ2) is 7.31. The van der Waals surface area contributed by atoms with Crippen LogP contribution in [0, 0.1) is 0 Å². The molecule has 1 rings (SSSR count). The standard InChI is InChI=1S/C12H14BrF2NO2/c1-2-9(7-13)16-11(17)8-3-5-10(6-4-8)18-12(14)15/h3-6,9,12H,2,7H2,1H3,(H,16,17). The Hall–Kier alpha value is -1.17. The van der Waals surface area contributed by atoms with Crippen LogP contribution in [0.5, 0.6) is 5.75 Å². The summed E-state index contributed by atoms with van der Waals surface area (Å²) in [5, 5.41) is 3.49. The van der Waals surface area contributed by atoms with Crippen LogP contribution in [0.3, 0.4) is 0 Å². The van der Waals surface area contributed by atoms with Gasteiger partial charge in [-0.2, -0.15) is 8.78 Å². The predicted octanol–water partition coefficient (Wildman–Crippen LogP) is 3.19. The first kappa shape index (κ1) is 14.9. The van der Waals surface area contributed by atoms with Gasteiger partial charge >= 0.3 is 6.61 Å². The lowest BCUT2D eigenvalue weighted by Crippen LogP contribution is -2.35. The van der Waals surface area contributed by atoms with Crippen LogP contribution in [0.15, 0.2) is 24.3 Å². The van der Waals surface area contributed by atoms with Crippen LogP contribution in [0.25, 0.3) is 0 Å². The van der Waals surface area contributed by atoms with E-state index in [-0.39, 0.29) is 17.7 Å². The molecule has 6 heteroatoms. The molecule has 0 bridgehead atoms. The summed E-state index contributed by atoms with van der Waals surface area (Å²) in [5.74, 6) is -0.195. The van der Waals surface area contributed by atoms with E-state index in [1.807, 2.05) is 6.92 Å². The lowest BCUT2D eigenvalue weighted by Gasteiger charge is -2.14. The topological polar surface area (TPSA) is 38.3 Å². The second-order valence-corrected chi connectivity index (χ2v) is 4.28. The Balaban J connectivity index is 2.64. The maximum absolute atomic E-state index is 11.9. The fourth-order valence-corrected chi connectivity index (χ4v) is 1.93. The monoisotopic (exact) mass is 321 g/mol.